The standard InChI is InChI=1S/C22H24N2OS/c1-17(24(2)16-20-14-9-15-26-20)22(25)23-21(18-10-5-3-6-11-18)19-12-7-4-8-13-19/h3-15,17,21H,16H2,1-2H3,(H,23,25)/t17-/m1/s1. The Morgan fingerprint density at radius 1 is 0.962 bits per heavy atom. The number of likely N-dealkylation sites (N-methyl/N-ethyl adjacent to an activating group) is 1. The fourth-order valence-electron chi connectivity index (χ4n) is 2.90. The summed E-state index contributed by atoms with van der Waals surface area (Å²) < 4.78 is 0. The molecule has 0 saturated heterocycles. The Kier molecular flexibility index (Phi) is 6.21. The van der Waals surface area contributed by atoms with Crippen LogP contribution in [-0.4, -0.2) is 23.9 Å². The quantitative estimate of drug-likeness (QED) is 0.671. The molecule has 3 aromatic rings. The van der Waals surface area contributed by atoms with Crippen LogP contribution in [0, 0.1) is 0 Å². The van der Waals surface area contributed by atoms with E-state index in [2.05, 4.69) is 45.9 Å². The van der Waals surface area contributed by atoms with Gasteiger partial charge < -0.3 is 5.32 Å². The number of nitrogens with one attached hydrogen (secondary N) is 1. The van der Waals surface area contributed by atoms with E-state index in [1.807, 2.05) is 56.4 Å². The van der Waals surface area contributed by atoms with Crippen molar-refractivity contribution in [3.63, 3.8) is 0 Å². The zero-order valence-electron chi connectivity index (χ0n) is 15.1. The number of rotatable bonds is 7. The van der Waals surface area contributed by atoms with E-state index in [-0.39, 0.29) is 18.0 Å². The SMILES string of the molecule is C[C@H](C(=O)NC(c1ccccc1)c1ccccc1)N(C)Cc1cccs1. The van der Waals surface area contributed by atoms with E-state index in [1.165, 1.54) is 4.88 Å². The van der Waals surface area contributed by atoms with Crippen molar-refractivity contribution in [2.45, 2.75) is 25.6 Å². The number of thiophene rings is 1. The molecule has 0 spiro atoms. The topological polar surface area (TPSA) is 32.3 Å². The van der Waals surface area contributed by atoms with Gasteiger partial charge in [0, 0.05) is 11.4 Å². The van der Waals surface area contributed by atoms with Crippen molar-refractivity contribution in [2.75, 3.05) is 7.05 Å². The lowest BCUT2D eigenvalue weighted by Gasteiger charge is -2.27. The second-order valence-electron chi connectivity index (χ2n) is 6.43. The van der Waals surface area contributed by atoms with E-state index < -0.39 is 0 Å². The molecule has 1 N–H and O–H groups in total. The molecule has 134 valence electrons. The van der Waals surface area contributed by atoms with Gasteiger partial charge in [0.05, 0.1) is 12.1 Å². The molecule has 0 fully saturated rings. The largest absolute Gasteiger partial charge is 0.344 e. The van der Waals surface area contributed by atoms with Crippen molar-refractivity contribution < 1.29 is 4.79 Å². The number of hydrogen-bond acceptors (Lipinski definition) is 3. The molecule has 3 rings (SSSR count). The molecule has 0 radical (unpaired) electrons. The molecule has 1 atom stereocenters. The maximum atomic E-state index is 12.9. The first-order chi connectivity index (χ1) is 12.6. The van der Waals surface area contributed by atoms with Crippen LogP contribution in [-0.2, 0) is 11.3 Å². The van der Waals surface area contributed by atoms with Crippen LogP contribution >= 0.6 is 11.3 Å². The van der Waals surface area contributed by atoms with Crippen LogP contribution in [0.3, 0.4) is 0 Å². The molecule has 0 bridgehead atoms. The molecule has 4 heteroatoms. The highest BCUT2D eigenvalue weighted by molar-refractivity contribution is 7.09. The average Bonchev–Trinajstić information content (AvgIpc) is 3.19. The Morgan fingerprint density at radius 3 is 2.04 bits per heavy atom. The van der Waals surface area contributed by atoms with Crippen LogP contribution in [0.4, 0.5) is 0 Å². The lowest BCUT2D eigenvalue weighted by atomic mass is 9.98. The summed E-state index contributed by atoms with van der Waals surface area (Å²) in [5.41, 5.74) is 2.17. The van der Waals surface area contributed by atoms with Gasteiger partial charge >= 0.3 is 0 Å². The average molecular weight is 365 g/mol. The minimum Gasteiger partial charge on any atom is -0.344 e. The van der Waals surface area contributed by atoms with Gasteiger partial charge in [0.25, 0.3) is 0 Å². The summed E-state index contributed by atoms with van der Waals surface area (Å²) >= 11 is 1.71. The highest BCUT2D eigenvalue weighted by atomic mass is 32.1. The Balaban J connectivity index is 1.74. The lowest BCUT2D eigenvalue weighted by Crippen LogP contribution is -2.44. The predicted octanol–water partition coefficient (Wildman–Crippen LogP) is 4.47. The number of amides is 1. The minimum atomic E-state index is -0.216. The number of carbonyl (C=O) groups excluding carboxylic acids is 1. The number of benzene rings is 2. The van der Waals surface area contributed by atoms with Gasteiger partial charge in [-0.3, -0.25) is 9.69 Å². The Hall–Kier alpha value is -2.43. The Morgan fingerprint density at radius 2 is 1.54 bits per heavy atom. The first kappa shape index (κ1) is 18.4. The van der Waals surface area contributed by atoms with Gasteiger partial charge in [0.2, 0.25) is 5.91 Å². The fraction of sp³-hybridized carbons (Fsp3) is 0.227. The summed E-state index contributed by atoms with van der Waals surface area (Å²) in [7, 11) is 1.99. The molecule has 0 aliphatic heterocycles. The van der Waals surface area contributed by atoms with Crippen LogP contribution in [0.1, 0.15) is 29.0 Å². The first-order valence-electron chi connectivity index (χ1n) is 8.78. The van der Waals surface area contributed by atoms with Crippen molar-refractivity contribution in [1.29, 1.82) is 0 Å². The smallest absolute Gasteiger partial charge is 0.237 e. The summed E-state index contributed by atoms with van der Waals surface area (Å²) in [6.07, 6.45) is 0. The highest BCUT2D eigenvalue weighted by Crippen LogP contribution is 2.22. The molecule has 2 aromatic carbocycles. The number of carbonyl (C=O) groups is 1. The third-order valence-corrected chi connectivity index (χ3v) is 5.44. The van der Waals surface area contributed by atoms with Gasteiger partial charge in [-0.25, -0.2) is 0 Å². The molecule has 0 aliphatic rings. The van der Waals surface area contributed by atoms with Crippen LogP contribution in [0.25, 0.3) is 0 Å². The zero-order chi connectivity index (χ0) is 18.4. The monoisotopic (exact) mass is 364 g/mol. The molecule has 3 nitrogen and oxygen atoms in total. The van der Waals surface area contributed by atoms with Crippen molar-refractivity contribution in [1.82, 2.24) is 10.2 Å². The van der Waals surface area contributed by atoms with Gasteiger partial charge in [-0.05, 0) is 36.5 Å². The Labute approximate surface area is 159 Å². The van der Waals surface area contributed by atoms with Crippen molar-refractivity contribution in [3.05, 3.63) is 94.2 Å². The molecule has 0 aliphatic carbocycles. The summed E-state index contributed by atoms with van der Waals surface area (Å²) in [6, 6.07) is 24.0. The number of hydrogen-bond donors (Lipinski definition) is 1. The molecular formula is C22H24N2OS. The third kappa shape index (κ3) is 4.59. The normalized spacial score (nSPS) is 12.3. The van der Waals surface area contributed by atoms with E-state index in [4.69, 9.17) is 0 Å². The maximum Gasteiger partial charge on any atom is 0.237 e. The van der Waals surface area contributed by atoms with Gasteiger partial charge in [0.15, 0.2) is 0 Å². The summed E-state index contributed by atoms with van der Waals surface area (Å²) in [4.78, 5) is 16.3. The van der Waals surface area contributed by atoms with Crippen molar-refractivity contribution in [2.24, 2.45) is 0 Å². The summed E-state index contributed by atoms with van der Waals surface area (Å²) in [6.45, 7) is 2.73. The molecule has 1 aromatic heterocycles. The van der Waals surface area contributed by atoms with E-state index >= 15 is 0 Å². The molecule has 0 saturated carbocycles. The van der Waals surface area contributed by atoms with Crippen LogP contribution in [0.2, 0.25) is 0 Å². The van der Waals surface area contributed by atoms with Gasteiger partial charge in [0.1, 0.15) is 0 Å². The maximum absolute atomic E-state index is 12.9. The fourth-order valence-corrected chi connectivity index (χ4v) is 3.67. The van der Waals surface area contributed by atoms with E-state index in [1.54, 1.807) is 11.3 Å². The second kappa shape index (κ2) is 8.79. The lowest BCUT2D eigenvalue weighted by molar-refractivity contribution is -0.126. The predicted molar refractivity (Wildman–Crippen MR) is 108 cm³/mol. The molecule has 0 unspecified atom stereocenters. The van der Waals surface area contributed by atoms with Crippen LogP contribution < -0.4 is 5.32 Å². The second-order valence-corrected chi connectivity index (χ2v) is 7.47. The summed E-state index contributed by atoms with van der Waals surface area (Å²) in [5.74, 6) is 0.0294. The highest BCUT2D eigenvalue weighted by Gasteiger charge is 2.23. The molecule has 1 amide bonds. The first-order valence-corrected chi connectivity index (χ1v) is 9.66. The zero-order valence-corrected chi connectivity index (χ0v) is 15.9. The van der Waals surface area contributed by atoms with E-state index in [0.717, 1.165) is 17.7 Å². The van der Waals surface area contributed by atoms with Gasteiger partial charge in [-0.2, -0.15) is 0 Å². The van der Waals surface area contributed by atoms with E-state index in [0.29, 0.717) is 0 Å². The molecular weight excluding hydrogens is 340 g/mol. The molecule has 26 heavy (non-hydrogen) atoms. The molecule has 1 heterocycles. The van der Waals surface area contributed by atoms with Crippen molar-refractivity contribution in [3.8, 4) is 0 Å². The number of nitrogens with zero attached hydrogens (tertiary/aromatic N) is 1. The van der Waals surface area contributed by atoms with Crippen LogP contribution in [0.5, 0.6) is 0 Å². The third-order valence-electron chi connectivity index (χ3n) is 4.58. The van der Waals surface area contributed by atoms with E-state index in [9.17, 15) is 4.79 Å². The van der Waals surface area contributed by atoms with Gasteiger partial charge in [-0.1, -0.05) is 66.7 Å². The minimum absolute atomic E-state index is 0.0294. The van der Waals surface area contributed by atoms with Gasteiger partial charge in [-0.15, -0.1) is 11.3 Å². The van der Waals surface area contributed by atoms with Crippen molar-refractivity contribution >= 4 is 17.2 Å². The van der Waals surface area contributed by atoms with Crippen LogP contribution in [0.15, 0.2) is 78.2 Å². The summed E-state index contributed by atoms with van der Waals surface area (Å²) in [5, 5.41) is 5.30. The Bertz CT molecular complexity index is 763.